The van der Waals surface area contributed by atoms with Crippen molar-refractivity contribution in [2.75, 3.05) is 11.9 Å². The minimum absolute atomic E-state index is 0.0651. The monoisotopic (exact) mass is 403 g/mol. The second-order valence-electron chi connectivity index (χ2n) is 7.20. The Labute approximate surface area is 168 Å². The molecular weight excluding hydrogens is 378 g/mol. The van der Waals surface area contributed by atoms with E-state index in [0.717, 1.165) is 32.6 Å². The number of amides is 2. The van der Waals surface area contributed by atoms with Crippen molar-refractivity contribution in [2.45, 2.75) is 55.8 Å². The summed E-state index contributed by atoms with van der Waals surface area (Å²) in [6.45, 7) is 8.60. The van der Waals surface area contributed by atoms with Crippen LogP contribution in [-0.2, 0) is 9.59 Å². The van der Waals surface area contributed by atoms with Crippen LogP contribution in [0.5, 0.6) is 0 Å². The minimum atomic E-state index is -0.424. The third-order valence-electron chi connectivity index (χ3n) is 4.60. The minimum Gasteiger partial charge on any atom is -0.330 e. The molecule has 1 saturated heterocycles. The average molecular weight is 404 g/mol. The Balaban J connectivity index is 1.72. The third-order valence-corrected chi connectivity index (χ3v) is 6.65. The molecule has 1 aliphatic rings. The van der Waals surface area contributed by atoms with Crippen molar-refractivity contribution in [3.05, 3.63) is 34.8 Å². The zero-order chi connectivity index (χ0) is 19.6. The molecule has 1 N–H and O–H groups in total. The van der Waals surface area contributed by atoms with Crippen LogP contribution in [-0.4, -0.2) is 34.3 Å². The summed E-state index contributed by atoms with van der Waals surface area (Å²) in [5.74, 6) is 0.0284. The predicted octanol–water partition coefficient (Wildman–Crippen LogP) is 4.50. The van der Waals surface area contributed by atoms with Crippen LogP contribution < -0.4 is 5.32 Å². The van der Waals surface area contributed by atoms with E-state index in [1.54, 1.807) is 28.0 Å². The number of hydrogen-bond acceptors (Lipinski definition) is 5. The molecule has 0 spiro atoms. The van der Waals surface area contributed by atoms with Crippen LogP contribution in [0, 0.1) is 19.8 Å². The molecule has 0 bridgehead atoms. The van der Waals surface area contributed by atoms with Crippen molar-refractivity contribution in [1.29, 1.82) is 0 Å². The van der Waals surface area contributed by atoms with Gasteiger partial charge in [-0.15, -0.1) is 11.3 Å². The van der Waals surface area contributed by atoms with Crippen molar-refractivity contribution >= 4 is 40.6 Å². The van der Waals surface area contributed by atoms with Crippen LogP contribution in [0.3, 0.4) is 0 Å². The topological polar surface area (TPSA) is 62.3 Å². The van der Waals surface area contributed by atoms with E-state index in [-0.39, 0.29) is 17.7 Å². The van der Waals surface area contributed by atoms with Gasteiger partial charge >= 0.3 is 0 Å². The maximum absolute atomic E-state index is 12.9. The van der Waals surface area contributed by atoms with Crippen LogP contribution in [0.25, 0.3) is 0 Å². The van der Waals surface area contributed by atoms with Crippen molar-refractivity contribution < 1.29 is 9.59 Å². The van der Waals surface area contributed by atoms with Gasteiger partial charge in [-0.3, -0.25) is 9.59 Å². The summed E-state index contributed by atoms with van der Waals surface area (Å²) >= 11 is 3.26. The van der Waals surface area contributed by atoms with Crippen LogP contribution in [0.15, 0.2) is 32.8 Å². The maximum Gasteiger partial charge on any atom is 0.247 e. The van der Waals surface area contributed by atoms with E-state index in [1.165, 1.54) is 0 Å². The van der Waals surface area contributed by atoms with E-state index in [1.807, 2.05) is 45.2 Å². The fraction of sp³-hybridized carbons (Fsp3) is 0.450. The van der Waals surface area contributed by atoms with Crippen molar-refractivity contribution in [2.24, 2.45) is 5.92 Å². The summed E-state index contributed by atoms with van der Waals surface area (Å²) in [5.41, 5.74) is 2.81. The van der Waals surface area contributed by atoms with E-state index in [9.17, 15) is 9.59 Å². The number of hydrogen-bond donors (Lipinski definition) is 1. The van der Waals surface area contributed by atoms with Crippen molar-refractivity contribution in [3.63, 3.8) is 0 Å². The lowest BCUT2D eigenvalue weighted by atomic mass is 10.0. The van der Waals surface area contributed by atoms with Gasteiger partial charge in [-0.25, -0.2) is 4.98 Å². The molecule has 3 rings (SSSR count). The smallest absolute Gasteiger partial charge is 0.247 e. The third kappa shape index (κ3) is 4.71. The SMILES string of the molecule is Cc1csc(Sc2ccc(NC(=O)C(C(C)C)N3CCCC3=O)c(C)c2)n1. The Hall–Kier alpha value is -1.86. The van der Waals surface area contributed by atoms with Gasteiger partial charge in [0.1, 0.15) is 6.04 Å². The summed E-state index contributed by atoms with van der Waals surface area (Å²) in [6.07, 6.45) is 1.37. The largest absolute Gasteiger partial charge is 0.330 e. The Morgan fingerprint density at radius 1 is 1.33 bits per heavy atom. The van der Waals surface area contributed by atoms with Gasteiger partial charge in [0.2, 0.25) is 11.8 Å². The maximum atomic E-state index is 12.9. The summed E-state index contributed by atoms with van der Waals surface area (Å²) in [5, 5.41) is 5.07. The molecule has 1 aliphatic heterocycles. The zero-order valence-corrected chi connectivity index (χ0v) is 17.7. The van der Waals surface area contributed by atoms with E-state index in [2.05, 4.69) is 16.4 Å². The molecule has 0 aliphatic carbocycles. The lowest BCUT2D eigenvalue weighted by molar-refractivity contribution is -0.136. The summed E-state index contributed by atoms with van der Waals surface area (Å²) in [6, 6.07) is 5.56. The number of benzene rings is 1. The molecule has 1 fully saturated rings. The lowest BCUT2D eigenvalue weighted by Crippen LogP contribution is -2.48. The quantitative estimate of drug-likeness (QED) is 0.771. The van der Waals surface area contributed by atoms with Gasteiger partial charge in [0.15, 0.2) is 4.34 Å². The molecule has 2 heterocycles. The second kappa shape index (κ2) is 8.44. The standard InChI is InChI=1S/C20H25N3O2S2/c1-12(2)18(23-9-5-6-17(23)24)19(25)22-16-8-7-15(10-13(16)3)27-20-21-14(4)11-26-20/h7-8,10-12,18H,5-6,9H2,1-4H3,(H,22,25). The number of likely N-dealkylation sites (tertiary alicyclic amines) is 1. The first-order valence-corrected chi connectivity index (χ1v) is 10.9. The van der Waals surface area contributed by atoms with Crippen LogP contribution in [0.2, 0.25) is 0 Å². The molecule has 5 nitrogen and oxygen atoms in total. The average Bonchev–Trinajstić information content (AvgIpc) is 3.19. The van der Waals surface area contributed by atoms with Gasteiger partial charge in [0, 0.05) is 34.6 Å². The van der Waals surface area contributed by atoms with Gasteiger partial charge in [-0.2, -0.15) is 0 Å². The molecule has 27 heavy (non-hydrogen) atoms. The molecule has 144 valence electrons. The van der Waals surface area contributed by atoms with Crippen molar-refractivity contribution in [1.82, 2.24) is 9.88 Å². The zero-order valence-electron chi connectivity index (χ0n) is 16.1. The van der Waals surface area contributed by atoms with Crippen LogP contribution >= 0.6 is 23.1 Å². The number of nitrogens with one attached hydrogen (secondary N) is 1. The normalized spacial score (nSPS) is 15.4. The highest BCUT2D eigenvalue weighted by Crippen LogP contribution is 2.32. The van der Waals surface area contributed by atoms with Crippen molar-refractivity contribution in [3.8, 4) is 0 Å². The number of aryl methyl sites for hydroxylation is 2. The number of carbonyl (C=O) groups excluding carboxylic acids is 2. The molecule has 2 amide bonds. The highest BCUT2D eigenvalue weighted by Gasteiger charge is 2.35. The molecule has 0 saturated carbocycles. The van der Waals surface area contributed by atoms with Gasteiger partial charge in [-0.1, -0.05) is 25.6 Å². The Morgan fingerprint density at radius 2 is 2.11 bits per heavy atom. The number of aromatic nitrogens is 1. The molecule has 1 unspecified atom stereocenters. The fourth-order valence-corrected chi connectivity index (χ4v) is 5.20. The first kappa shape index (κ1) is 19.9. The number of carbonyl (C=O) groups is 2. The number of nitrogens with zero attached hydrogens (tertiary/aromatic N) is 2. The first-order valence-electron chi connectivity index (χ1n) is 9.16. The summed E-state index contributed by atoms with van der Waals surface area (Å²) in [4.78, 5) is 32.3. The molecule has 0 radical (unpaired) electrons. The van der Waals surface area contributed by atoms with Gasteiger partial charge in [0.05, 0.1) is 0 Å². The Kier molecular flexibility index (Phi) is 6.22. The molecule has 1 aromatic carbocycles. The van der Waals surface area contributed by atoms with Crippen LogP contribution in [0.4, 0.5) is 5.69 Å². The summed E-state index contributed by atoms with van der Waals surface area (Å²) < 4.78 is 1.01. The van der Waals surface area contributed by atoms with Gasteiger partial charge < -0.3 is 10.2 Å². The van der Waals surface area contributed by atoms with Gasteiger partial charge in [-0.05, 0) is 49.9 Å². The van der Waals surface area contributed by atoms with Crippen LogP contribution in [0.1, 0.15) is 37.9 Å². The Bertz CT molecular complexity index is 848. The Morgan fingerprint density at radius 3 is 2.67 bits per heavy atom. The van der Waals surface area contributed by atoms with Gasteiger partial charge in [0.25, 0.3) is 0 Å². The number of rotatable bonds is 6. The first-order chi connectivity index (χ1) is 12.8. The molecule has 1 aromatic heterocycles. The predicted molar refractivity (Wildman–Crippen MR) is 110 cm³/mol. The van der Waals surface area contributed by atoms with E-state index in [4.69, 9.17) is 0 Å². The molecular formula is C20H25N3O2S2. The molecule has 7 heteroatoms. The highest BCUT2D eigenvalue weighted by molar-refractivity contribution is 8.01. The van der Waals surface area contributed by atoms with E-state index >= 15 is 0 Å². The molecule has 2 aromatic rings. The number of thiazole rings is 1. The van der Waals surface area contributed by atoms with E-state index in [0.29, 0.717) is 13.0 Å². The lowest BCUT2D eigenvalue weighted by Gasteiger charge is -2.30. The second-order valence-corrected chi connectivity index (χ2v) is 9.38. The summed E-state index contributed by atoms with van der Waals surface area (Å²) in [7, 11) is 0. The fourth-order valence-electron chi connectivity index (χ4n) is 3.29. The van der Waals surface area contributed by atoms with E-state index < -0.39 is 6.04 Å². The number of anilines is 1. The highest BCUT2D eigenvalue weighted by atomic mass is 32.2. The molecule has 1 atom stereocenters.